The zero-order valence-corrected chi connectivity index (χ0v) is 11.8. The van der Waals surface area contributed by atoms with Crippen LogP contribution in [0, 0.1) is 0 Å². The minimum Gasteiger partial charge on any atom is -0.284 e. The molecule has 0 spiro atoms. The highest BCUT2D eigenvalue weighted by Gasteiger charge is 2.08. The molecule has 0 aliphatic heterocycles. The van der Waals surface area contributed by atoms with Gasteiger partial charge in [0.1, 0.15) is 6.33 Å². The lowest BCUT2D eigenvalue weighted by Crippen LogP contribution is -2.11. The normalized spacial score (nSPS) is 11.4. The van der Waals surface area contributed by atoms with Gasteiger partial charge in [-0.2, -0.15) is 4.98 Å². The Morgan fingerprint density at radius 2 is 1.90 bits per heavy atom. The maximum Gasteiger partial charge on any atom is 0.281 e. The molecule has 5 heteroatoms. The van der Waals surface area contributed by atoms with Gasteiger partial charge in [0.2, 0.25) is 0 Å². The first kappa shape index (κ1) is 11.5. The molecule has 20 heavy (non-hydrogen) atoms. The summed E-state index contributed by atoms with van der Waals surface area (Å²) in [5.41, 5.74) is 2.05. The monoisotopic (exact) mass is 325 g/mol. The Morgan fingerprint density at radius 1 is 1.05 bits per heavy atom. The van der Waals surface area contributed by atoms with Gasteiger partial charge in [0.15, 0.2) is 5.65 Å². The molecule has 0 saturated heterocycles. The van der Waals surface area contributed by atoms with Crippen molar-refractivity contribution in [2.75, 3.05) is 0 Å². The maximum atomic E-state index is 12.2. The van der Waals surface area contributed by atoms with Crippen LogP contribution in [0.2, 0.25) is 0 Å². The van der Waals surface area contributed by atoms with Crippen molar-refractivity contribution in [3.8, 4) is 0 Å². The minimum atomic E-state index is -0.224. The van der Waals surface area contributed by atoms with Crippen molar-refractivity contribution < 1.29 is 0 Å². The number of hydrogen-bond donors (Lipinski definition) is 0. The van der Waals surface area contributed by atoms with Crippen LogP contribution in [0.15, 0.2) is 58.1 Å². The van der Waals surface area contributed by atoms with E-state index < -0.39 is 0 Å². The van der Waals surface area contributed by atoms with Gasteiger partial charge in [-0.1, -0.05) is 28.1 Å². The highest BCUT2D eigenvalue weighted by molar-refractivity contribution is 9.10. The van der Waals surface area contributed by atoms with Crippen LogP contribution >= 0.6 is 15.9 Å². The Kier molecular flexibility index (Phi) is 2.37. The summed E-state index contributed by atoms with van der Waals surface area (Å²) in [6.45, 7) is 0. The molecule has 0 unspecified atom stereocenters. The molecular formula is C15H8BrN3O. The second-order valence-corrected chi connectivity index (χ2v) is 5.45. The third-order valence-corrected chi connectivity index (χ3v) is 3.83. The molecule has 2 aromatic carbocycles. The van der Waals surface area contributed by atoms with E-state index in [-0.39, 0.29) is 5.56 Å². The Labute approximate surface area is 121 Å². The van der Waals surface area contributed by atoms with Crippen LogP contribution in [0.5, 0.6) is 0 Å². The van der Waals surface area contributed by atoms with Crippen LogP contribution in [-0.2, 0) is 0 Å². The van der Waals surface area contributed by atoms with Crippen LogP contribution in [0.4, 0.5) is 0 Å². The predicted molar refractivity (Wildman–Crippen MR) is 82.0 cm³/mol. The van der Waals surface area contributed by atoms with Crippen LogP contribution in [0.1, 0.15) is 0 Å². The molecule has 0 bridgehead atoms. The largest absolute Gasteiger partial charge is 0.284 e. The first-order valence-corrected chi connectivity index (χ1v) is 6.89. The van der Waals surface area contributed by atoms with Crippen molar-refractivity contribution in [3.05, 3.63) is 63.6 Å². The Morgan fingerprint density at radius 3 is 2.80 bits per heavy atom. The lowest BCUT2D eigenvalue weighted by atomic mass is 10.2. The van der Waals surface area contributed by atoms with Crippen molar-refractivity contribution in [2.24, 2.45) is 0 Å². The van der Waals surface area contributed by atoms with Crippen LogP contribution in [0.3, 0.4) is 0 Å². The van der Waals surface area contributed by atoms with E-state index in [1.165, 1.54) is 0 Å². The second-order valence-electron chi connectivity index (χ2n) is 4.53. The third kappa shape index (κ3) is 1.56. The number of halogens is 1. The summed E-state index contributed by atoms with van der Waals surface area (Å²) in [7, 11) is 0. The quantitative estimate of drug-likeness (QED) is 0.466. The molecule has 4 nitrogen and oxygen atoms in total. The molecule has 2 aromatic heterocycles. The van der Waals surface area contributed by atoms with Crippen LogP contribution < -0.4 is 5.56 Å². The molecular weight excluding hydrogens is 318 g/mol. The van der Waals surface area contributed by atoms with Gasteiger partial charge in [0.05, 0.1) is 16.4 Å². The third-order valence-electron chi connectivity index (χ3n) is 3.34. The number of benzene rings is 2. The SMILES string of the molecule is O=c1nc2c3ccccc3ncn2c2ccc(Br)cc12. The van der Waals surface area contributed by atoms with Gasteiger partial charge in [-0.15, -0.1) is 0 Å². The highest BCUT2D eigenvalue weighted by atomic mass is 79.9. The summed E-state index contributed by atoms with van der Waals surface area (Å²) in [4.78, 5) is 20.9. The average Bonchev–Trinajstić information content (AvgIpc) is 2.47. The standard InChI is InChI=1S/C15H8BrN3O/c16-9-5-6-13-11(7-9)15(20)18-14-10-3-1-2-4-12(10)17-8-19(13)14/h1-8H. The van der Waals surface area contributed by atoms with E-state index in [1.54, 1.807) is 12.4 Å². The van der Waals surface area contributed by atoms with E-state index in [0.29, 0.717) is 11.0 Å². The van der Waals surface area contributed by atoms with Gasteiger partial charge < -0.3 is 0 Å². The molecule has 4 aromatic rings. The summed E-state index contributed by atoms with van der Waals surface area (Å²) >= 11 is 3.38. The Balaban J connectivity index is 2.33. The fourth-order valence-corrected chi connectivity index (χ4v) is 2.78. The zero-order chi connectivity index (χ0) is 13.7. The van der Waals surface area contributed by atoms with Crippen molar-refractivity contribution in [1.29, 1.82) is 0 Å². The van der Waals surface area contributed by atoms with Crippen LogP contribution in [0.25, 0.3) is 27.5 Å². The van der Waals surface area contributed by atoms with E-state index in [2.05, 4.69) is 25.9 Å². The van der Waals surface area contributed by atoms with E-state index in [9.17, 15) is 4.79 Å². The van der Waals surface area contributed by atoms with Gasteiger partial charge in [-0.05, 0) is 30.3 Å². The first-order valence-electron chi connectivity index (χ1n) is 6.09. The molecule has 0 N–H and O–H groups in total. The molecule has 2 heterocycles. The molecule has 0 fully saturated rings. The van der Waals surface area contributed by atoms with Gasteiger partial charge in [0, 0.05) is 9.86 Å². The molecule has 0 atom stereocenters. The molecule has 0 amide bonds. The van der Waals surface area contributed by atoms with E-state index in [0.717, 1.165) is 20.9 Å². The van der Waals surface area contributed by atoms with Crippen molar-refractivity contribution in [3.63, 3.8) is 0 Å². The number of para-hydroxylation sites is 1. The Hall–Kier alpha value is -2.27. The predicted octanol–water partition coefficient (Wildman–Crippen LogP) is 3.16. The lowest BCUT2D eigenvalue weighted by Gasteiger charge is -2.07. The zero-order valence-electron chi connectivity index (χ0n) is 10.2. The Bertz CT molecular complexity index is 1040. The van der Waals surface area contributed by atoms with Crippen molar-refractivity contribution >= 4 is 43.4 Å². The second kappa shape index (κ2) is 4.11. The number of nitrogens with zero attached hydrogens (tertiary/aromatic N) is 3. The number of fused-ring (bicyclic) bond motifs is 5. The first-order chi connectivity index (χ1) is 9.74. The lowest BCUT2D eigenvalue weighted by molar-refractivity contribution is 1.09. The fraction of sp³-hybridized carbons (Fsp3) is 0. The molecule has 0 aliphatic rings. The number of aromatic nitrogens is 3. The van der Waals surface area contributed by atoms with Crippen molar-refractivity contribution in [1.82, 2.24) is 14.4 Å². The maximum absolute atomic E-state index is 12.2. The molecule has 96 valence electrons. The summed E-state index contributed by atoms with van der Waals surface area (Å²) < 4.78 is 2.71. The van der Waals surface area contributed by atoms with Crippen molar-refractivity contribution in [2.45, 2.75) is 0 Å². The summed E-state index contributed by atoms with van der Waals surface area (Å²) in [6.07, 6.45) is 1.71. The molecule has 0 saturated carbocycles. The smallest absolute Gasteiger partial charge is 0.281 e. The summed E-state index contributed by atoms with van der Waals surface area (Å²) in [5.74, 6) is 0. The van der Waals surface area contributed by atoms with E-state index in [4.69, 9.17) is 0 Å². The molecule has 0 radical (unpaired) electrons. The number of rotatable bonds is 0. The van der Waals surface area contributed by atoms with E-state index >= 15 is 0 Å². The highest BCUT2D eigenvalue weighted by Crippen LogP contribution is 2.21. The fourth-order valence-electron chi connectivity index (χ4n) is 2.42. The van der Waals surface area contributed by atoms with Gasteiger partial charge in [-0.25, -0.2) is 4.98 Å². The molecule has 4 rings (SSSR count). The van der Waals surface area contributed by atoms with E-state index in [1.807, 2.05) is 40.8 Å². The van der Waals surface area contributed by atoms with Crippen LogP contribution in [-0.4, -0.2) is 14.4 Å². The summed E-state index contributed by atoms with van der Waals surface area (Å²) in [6, 6.07) is 13.3. The van der Waals surface area contributed by atoms with Gasteiger partial charge in [0.25, 0.3) is 5.56 Å². The van der Waals surface area contributed by atoms with Gasteiger partial charge >= 0.3 is 0 Å². The average molecular weight is 326 g/mol. The minimum absolute atomic E-state index is 0.224. The number of hydrogen-bond acceptors (Lipinski definition) is 3. The topological polar surface area (TPSA) is 47.3 Å². The molecule has 0 aliphatic carbocycles. The van der Waals surface area contributed by atoms with Gasteiger partial charge in [-0.3, -0.25) is 9.20 Å². The summed E-state index contributed by atoms with van der Waals surface area (Å²) in [5, 5.41) is 1.45.